The lowest BCUT2D eigenvalue weighted by molar-refractivity contribution is -0.00930. The van der Waals surface area contributed by atoms with Gasteiger partial charge in [0.25, 0.3) is 11.8 Å². The van der Waals surface area contributed by atoms with Crippen molar-refractivity contribution in [2.24, 2.45) is 0 Å². The van der Waals surface area contributed by atoms with E-state index in [1.165, 1.54) is 5.56 Å². The first-order valence-electron chi connectivity index (χ1n) is 12.1. The number of pyridine rings is 1. The number of amides is 2. The quantitative estimate of drug-likeness (QED) is 0.616. The van der Waals surface area contributed by atoms with Gasteiger partial charge < -0.3 is 15.0 Å². The molecule has 1 aromatic heterocycles. The van der Waals surface area contributed by atoms with Gasteiger partial charge in [0.15, 0.2) is 0 Å². The molecule has 1 spiro atoms. The fourth-order valence-electron chi connectivity index (χ4n) is 5.92. The van der Waals surface area contributed by atoms with E-state index < -0.39 is 0 Å². The van der Waals surface area contributed by atoms with Crippen molar-refractivity contribution >= 4 is 11.8 Å². The van der Waals surface area contributed by atoms with Crippen LogP contribution in [0.4, 0.5) is 0 Å². The maximum Gasteiger partial charge on any atom is 0.254 e. The molecule has 0 unspecified atom stereocenters. The number of carbonyl (C=O) groups is 2. The van der Waals surface area contributed by atoms with Gasteiger partial charge in [0.05, 0.1) is 12.1 Å². The highest BCUT2D eigenvalue weighted by Gasteiger charge is 2.54. The van der Waals surface area contributed by atoms with Crippen molar-refractivity contribution in [1.29, 1.82) is 0 Å². The SMILES string of the molecule is CO[C@H]1[C@H](NC(=O)c2ccncc2)c2ccccc2C12CCN(C(=O)c1cccc(C)c1C)CC2. The Hall–Kier alpha value is -3.51. The summed E-state index contributed by atoms with van der Waals surface area (Å²) in [6.07, 6.45) is 4.58. The zero-order chi connectivity index (χ0) is 24.6. The zero-order valence-electron chi connectivity index (χ0n) is 20.5. The summed E-state index contributed by atoms with van der Waals surface area (Å²) >= 11 is 0. The van der Waals surface area contributed by atoms with Gasteiger partial charge in [-0.05, 0) is 67.1 Å². The van der Waals surface area contributed by atoms with E-state index in [2.05, 4.69) is 22.4 Å². The molecule has 1 aliphatic heterocycles. The van der Waals surface area contributed by atoms with Gasteiger partial charge >= 0.3 is 0 Å². The summed E-state index contributed by atoms with van der Waals surface area (Å²) in [6.45, 7) is 5.34. The summed E-state index contributed by atoms with van der Waals surface area (Å²) in [4.78, 5) is 32.4. The summed E-state index contributed by atoms with van der Waals surface area (Å²) in [6, 6.07) is 17.4. The van der Waals surface area contributed by atoms with Crippen LogP contribution in [0.25, 0.3) is 0 Å². The molecule has 6 heteroatoms. The first-order valence-corrected chi connectivity index (χ1v) is 12.1. The Morgan fingerprint density at radius 2 is 1.71 bits per heavy atom. The van der Waals surface area contributed by atoms with Crippen LogP contribution in [0.1, 0.15) is 61.9 Å². The molecular formula is C29H31N3O3. The third kappa shape index (κ3) is 3.92. The molecule has 2 amide bonds. The first kappa shape index (κ1) is 23.2. The van der Waals surface area contributed by atoms with E-state index in [0.717, 1.165) is 35.1 Å². The number of nitrogens with zero attached hydrogens (tertiary/aromatic N) is 2. The number of ether oxygens (including phenoxy) is 1. The molecule has 1 saturated heterocycles. The summed E-state index contributed by atoms with van der Waals surface area (Å²) in [7, 11) is 1.72. The molecule has 0 radical (unpaired) electrons. The molecule has 2 atom stereocenters. The Morgan fingerprint density at radius 3 is 2.43 bits per heavy atom. The van der Waals surface area contributed by atoms with Crippen molar-refractivity contribution in [3.8, 4) is 0 Å². The van der Waals surface area contributed by atoms with Crippen LogP contribution < -0.4 is 5.32 Å². The second-order valence-electron chi connectivity index (χ2n) is 9.63. The van der Waals surface area contributed by atoms with Crippen molar-refractivity contribution < 1.29 is 14.3 Å². The molecular weight excluding hydrogens is 438 g/mol. The number of aryl methyl sites for hydroxylation is 1. The maximum atomic E-state index is 13.4. The van der Waals surface area contributed by atoms with Crippen LogP contribution in [-0.2, 0) is 10.2 Å². The molecule has 2 aliphatic rings. The second-order valence-corrected chi connectivity index (χ2v) is 9.63. The molecule has 2 heterocycles. The average Bonchev–Trinajstić information content (AvgIpc) is 3.14. The van der Waals surface area contributed by atoms with Crippen LogP contribution in [0, 0.1) is 13.8 Å². The number of hydrogen-bond donors (Lipinski definition) is 1. The second kappa shape index (κ2) is 9.27. The Balaban J connectivity index is 1.41. The highest BCUT2D eigenvalue weighted by atomic mass is 16.5. The van der Waals surface area contributed by atoms with Gasteiger partial charge in [-0.25, -0.2) is 0 Å². The first-order chi connectivity index (χ1) is 17.0. The zero-order valence-corrected chi connectivity index (χ0v) is 20.5. The predicted molar refractivity (Wildman–Crippen MR) is 134 cm³/mol. The van der Waals surface area contributed by atoms with E-state index in [1.54, 1.807) is 31.6 Å². The number of methoxy groups -OCH3 is 1. The Bertz CT molecular complexity index is 1250. The smallest absolute Gasteiger partial charge is 0.254 e. The molecule has 1 fully saturated rings. The van der Waals surface area contributed by atoms with E-state index in [4.69, 9.17) is 4.74 Å². The molecule has 180 valence electrons. The monoisotopic (exact) mass is 469 g/mol. The highest BCUT2D eigenvalue weighted by Crippen LogP contribution is 2.52. The lowest BCUT2D eigenvalue weighted by Gasteiger charge is -2.44. The normalized spacial score (nSPS) is 20.5. The fourth-order valence-corrected chi connectivity index (χ4v) is 5.92. The number of aromatic nitrogens is 1. The van der Waals surface area contributed by atoms with Crippen molar-refractivity contribution in [3.63, 3.8) is 0 Å². The Kier molecular flexibility index (Phi) is 6.15. The van der Waals surface area contributed by atoms with Crippen molar-refractivity contribution in [2.75, 3.05) is 20.2 Å². The van der Waals surface area contributed by atoms with Gasteiger partial charge in [-0.1, -0.05) is 36.4 Å². The van der Waals surface area contributed by atoms with Crippen LogP contribution in [-0.4, -0.2) is 48.0 Å². The van der Waals surface area contributed by atoms with Crippen LogP contribution in [0.5, 0.6) is 0 Å². The Labute approximate surface area is 206 Å². The molecule has 0 saturated carbocycles. The van der Waals surface area contributed by atoms with Gasteiger partial charge in [0.1, 0.15) is 0 Å². The summed E-state index contributed by atoms with van der Waals surface area (Å²) in [5.41, 5.74) is 5.56. The van der Waals surface area contributed by atoms with E-state index >= 15 is 0 Å². The molecule has 1 N–H and O–H groups in total. The molecule has 6 nitrogen and oxygen atoms in total. The van der Waals surface area contributed by atoms with E-state index in [-0.39, 0.29) is 29.4 Å². The van der Waals surface area contributed by atoms with Crippen LogP contribution in [0.2, 0.25) is 0 Å². The number of rotatable bonds is 4. The third-order valence-corrected chi connectivity index (χ3v) is 7.94. The van der Waals surface area contributed by atoms with Crippen molar-refractivity contribution in [2.45, 2.75) is 44.2 Å². The van der Waals surface area contributed by atoms with Crippen LogP contribution >= 0.6 is 0 Å². The van der Waals surface area contributed by atoms with Gasteiger partial charge in [-0.3, -0.25) is 14.6 Å². The van der Waals surface area contributed by atoms with E-state index in [1.807, 2.05) is 49.1 Å². The molecule has 1 aliphatic carbocycles. The lowest BCUT2D eigenvalue weighted by Crippen LogP contribution is -2.51. The third-order valence-electron chi connectivity index (χ3n) is 7.94. The number of fused-ring (bicyclic) bond motifs is 2. The minimum atomic E-state index is -0.266. The number of nitrogens with one attached hydrogen (secondary N) is 1. The van der Waals surface area contributed by atoms with E-state index in [9.17, 15) is 9.59 Å². The molecule has 0 bridgehead atoms. The number of hydrogen-bond acceptors (Lipinski definition) is 4. The van der Waals surface area contributed by atoms with Crippen molar-refractivity contribution in [3.05, 3.63) is 100 Å². The topological polar surface area (TPSA) is 71.5 Å². The summed E-state index contributed by atoms with van der Waals surface area (Å²) in [5, 5.41) is 3.23. The molecule has 2 aromatic carbocycles. The van der Waals surface area contributed by atoms with Crippen LogP contribution in [0.15, 0.2) is 67.0 Å². The summed E-state index contributed by atoms with van der Waals surface area (Å²) < 4.78 is 6.12. The fraction of sp³-hybridized carbons (Fsp3) is 0.345. The molecule has 35 heavy (non-hydrogen) atoms. The minimum Gasteiger partial charge on any atom is -0.378 e. The van der Waals surface area contributed by atoms with E-state index in [0.29, 0.717) is 18.7 Å². The van der Waals surface area contributed by atoms with Gasteiger partial charge in [-0.2, -0.15) is 0 Å². The van der Waals surface area contributed by atoms with Crippen LogP contribution in [0.3, 0.4) is 0 Å². The standard InChI is InChI=1S/C29H31N3O3/c1-19-7-6-9-22(20(19)2)28(34)32-17-13-29(14-18-32)24-10-5-4-8-23(24)25(26(29)35-3)31-27(33)21-11-15-30-16-12-21/h4-12,15-16,25-26H,13-14,17-18H2,1-3H3,(H,31,33)/t25-,26+/m1/s1. The maximum absolute atomic E-state index is 13.4. The van der Waals surface area contributed by atoms with Crippen molar-refractivity contribution in [1.82, 2.24) is 15.2 Å². The summed E-state index contributed by atoms with van der Waals surface area (Å²) in [5.74, 6) is -0.0577. The number of piperidine rings is 1. The molecule has 3 aromatic rings. The van der Waals surface area contributed by atoms with Gasteiger partial charge in [-0.15, -0.1) is 0 Å². The highest BCUT2D eigenvalue weighted by molar-refractivity contribution is 5.96. The number of carbonyl (C=O) groups excluding carboxylic acids is 2. The lowest BCUT2D eigenvalue weighted by atomic mass is 9.71. The molecule has 5 rings (SSSR count). The van der Waals surface area contributed by atoms with Gasteiger partial charge in [0, 0.05) is 49.1 Å². The number of benzene rings is 2. The number of likely N-dealkylation sites (tertiary alicyclic amines) is 1. The Morgan fingerprint density at radius 1 is 1.00 bits per heavy atom. The largest absolute Gasteiger partial charge is 0.378 e. The average molecular weight is 470 g/mol. The van der Waals surface area contributed by atoms with Gasteiger partial charge in [0.2, 0.25) is 0 Å². The minimum absolute atomic E-state index is 0.0869. The predicted octanol–water partition coefficient (Wildman–Crippen LogP) is 4.37.